The molecule has 2 aliphatic heterocycles. The molecule has 0 saturated carbocycles. The highest BCUT2D eigenvalue weighted by molar-refractivity contribution is 7.07. The highest BCUT2D eigenvalue weighted by Gasteiger charge is 2.45. The van der Waals surface area contributed by atoms with E-state index in [0.717, 1.165) is 13.2 Å². The minimum atomic E-state index is 0.453. The zero-order valence-electron chi connectivity index (χ0n) is 12.7. The smallest absolute Gasteiger partial charge is 0.0618 e. The molecular weight excluding hydrogens is 268 g/mol. The molecule has 1 atom stereocenters. The molecule has 112 valence electrons. The molecule has 0 bridgehead atoms. The Kier molecular flexibility index (Phi) is 4.46. The molecule has 0 N–H and O–H groups in total. The summed E-state index contributed by atoms with van der Waals surface area (Å²) in [6.07, 6.45) is 5.28. The van der Waals surface area contributed by atoms with Crippen molar-refractivity contribution in [2.45, 2.75) is 43.8 Å². The first-order valence-corrected chi connectivity index (χ1v) is 8.63. The highest BCUT2D eigenvalue weighted by Crippen LogP contribution is 2.40. The molecule has 0 aromatic carbocycles. The van der Waals surface area contributed by atoms with Crippen LogP contribution in [-0.2, 0) is 11.3 Å². The van der Waals surface area contributed by atoms with E-state index in [0.29, 0.717) is 11.6 Å². The number of likely N-dealkylation sites (tertiary alicyclic amines) is 2. The van der Waals surface area contributed by atoms with Crippen LogP contribution in [0.5, 0.6) is 0 Å². The molecule has 2 fully saturated rings. The summed E-state index contributed by atoms with van der Waals surface area (Å²) in [4.78, 5) is 5.24. The molecule has 2 aliphatic rings. The first kappa shape index (κ1) is 14.5. The van der Waals surface area contributed by atoms with Crippen molar-refractivity contribution in [3.63, 3.8) is 0 Å². The van der Waals surface area contributed by atoms with Gasteiger partial charge in [-0.05, 0) is 55.1 Å². The van der Waals surface area contributed by atoms with Gasteiger partial charge in [-0.15, -0.1) is 0 Å². The lowest BCUT2D eigenvalue weighted by Gasteiger charge is -2.45. The Hall–Kier alpha value is -0.420. The normalized spacial score (nSPS) is 27.4. The van der Waals surface area contributed by atoms with Crippen LogP contribution >= 0.6 is 11.3 Å². The molecule has 1 spiro atoms. The van der Waals surface area contributed by atoms with E-state index < -0.39 is 0 Å². The van der Waals surface area contributed by atoms with Crippen LogP contribution in [0.4, 0.5) is 0 Å². The van der Waals surface area contributed by atoms with E-state index in [1.807, 2.05) is 7.11 Å². The average Bonchev–Trinajstić information content (AvgIpc) is 3.06. The number of rotatable bonds is 4. The van der Waals surface area contributed by atoms with Gasteiger partial charge in [0.15, 0.2) is 0 Å². The Balaban J connectivity index is 1.55. The largest absolute Gasteiger partial charge is 0.383 e. The van der Waals surface area contributed by atoms with Crippen molar-refractivity contribution < 1.29 is 4.74 Å². The van der Waals surface area contributed by atoms with E-state index in [1.54, 1.807) is 11.3 Å². The van der Waals surface area contributed by atoms with Crippen LogP contribution in [0.25, 0.3) is 0 Å². The van der Waals surface area contributed by atoms with Crippen LogP contribution in [0.1, 0.15) is 31.2 Å². The van der Waals surface area contributed by atoms with E-state index in [9.17, 15) is 0 Å². The molecule has 0 radical (unpaired) electrons. The Bertz CT molecular complexity index is 412. The molecule has 2 saturated heterocycles. The number of likely N-dealkylation sites (N-methyl/N-ethyl adjacent to an activating group) is 1. The second-order valence-electron chi connectivity index (χ2n) is 6.39. The predicted molar refractivity (Wildman–Crippen MR) is 84.2 cm³/mol. The Morgan fingerprint density at radius 2 is 2.15 bits per heavy atom. The summed E-state index contributed by atoms with van der Waals surface area (Å²) in [6, 6.07) is 2.88. The maximum atomic E-state index is 5.37. The van der Waals surface area contributed by atoms with Crippen LogP contribution in [0.2, 0.25) is 0 Å². The quantitative estimate of drug-likeness (QED) is 0.849. The van der Waals surface area contributed by atoms with Crippen molar-refractivity contribution in [2.75, 3.05) is 33.9 Å². The second kappa shape index (κ2) is 6.14. The van der Waals surface area contributed by atoms with E-state index in [1.165, 1.54) is 44.3 Å². The molecule has 3 rings (SSSR count). The molecule has 0 aliphatic carbocycles. The van der Waals surface area contributed by atoms with E-state index in [2.05, 4.69) is 33.7 Å². The number of hydrogen-bond donors (Lipinski definition) is 0. The monoisotopic (exact) mass is 294 g/mol. The fraction of sp³-hybridized carbons (Fsp3) is 0.750. The van der Waals surface area contributed by atoms with Gasteiger partial charge in [-0.2, -0.15) is 11.3 Å². The number of piperidine rings is 1. The molecule has 4 heteroatoms. The van der Waals surface area contributed by atoms with Crippen molar-refractivity contribution in [1.82, 2.24) is 9.80 Å². The maximum absolute atomic E-state index is 5.37. The lowest BCUT2D eigenvalue weighted by molar-refractivity contribution is 0.0282. The zero-order valence-corrected chi connectivity index (χ0v) is 13.5. The van der Waals surface area contributed by atoms with Crippen LogP contribution in [-0.4, -0.2) is 55.2 Å². The van der Waals surface area contributed by atoms with Gasteiger partial charge < -0.3 is 4.74 Å². The Morgan fingerprint density at radius 1 is 1.35 bits per heavy atom. The Labute approximate surface area is 126 Å². The first-order chi connectivity index (χ1) is 9.73. The van der Waals surface area contributed by atoms with E-state index in [-0.39, 0.29) is 0 Å². The van der Waals surface area contributed by atoms with Gasteiger partial charge in [-0.25, -0.2) is 0 Å². The summed E-state index contributed by atoms with van der Waals surface area (Å²) >= 11 is 1.80. The van der Waals surface area contributed by atoms with Crippen LogP contribution < -0.4 is 0 Å². The number of thiophene rings is 1. The molecule has 0 unspecified atom stereocenters. The summed E-state index contributed by atoms with van der Waals surface area (Å²) in [5.41, 5.74) is 1.93. The molecule has 0 amide bonds. The number of ether oxygens (including phenoxy) is 1. The summed E-state index contributed by atoms with van der Waals surface area (Å²) in [7, 11) is 4.13. The van der Waals surface area contributed by atoms with Gasteiger partial charge in [-0.3, -0.25) is 9.80 Å². The van der Waals surface area contributed by atoms with Gasteiger partial charge in [0.05, 0.1) is 6.61 Å². The highest BCUT2D eigenvalue weighted by atomic mass is 32.1. The van der Waals surface area contributed by atoms with Crippen molar-refractivity contribution >= 4 is 11.3 Å². The third kappa shape index (κ3) is 2.80. The Morgan fingerprint density at radius 3 is 2.80 bits per heavy atom. The minimum absolute atomic E-state index is 0.453. The van der Waals surface area contributed by atoms with Gasteiger partial charge in [0.2, 0.25) is 0 Å². The summed E-state index contributed by atoms with van der Waals surface area (Å²) < 4.78 is 5.37. The minimum Gasteiger partial charge on any atom is -0.383 e. The number of nitrogens with zero attached hydrogens (tertiary/aromatic N) is 2. The number of methoxy groups -OCH3 is 1. The SMILES string of the molecule is COC[C@@H]1CCC2(CCN(Cc3ccsc3)CC2)N1C. The van der Waals surface area contributed by atoms with Crippen molar-refractivity contribution in [2.24, 2.45) is 0 Å². The van der Waals surface area contributed by atoms with Crippen LogP contribution in [0.3, 0.4) is 0 Å². The third-order valence-corrected chi connectivity index (χ3v) is 6.10. The molecular formula is C16H26N2OS. The fourth-order valence-electron chi connectivity index (χ4n) is 3.95. The summed E-state index contributed by atoms with van der Waals surface area (Å²) in [6.45, 7) is 4.49. The van der Waals surface area contributed by atoms with Gasteiger partial charge in [0, 0.05) is 38.3 Å². The third-order valence-electron chi connectivity index (χ3n) is 5.37. The zero-order chi connectivity index (χ0) is 14.0. The molecule has 1 aromatic heterocycles. The predicted octanol–water partition coefficient (Wildman–Crippen LogP) is 2.82. The fourth-order valence-corrected chi connectivity index (χ4v) is 4.61. The lowest BCUT2D eigenvalue weighted by atomic mass is 9.85. The molecule has 1 aromatic rings. The average molecular weight is 294 g/mol. The van der Waals surface area contributed by atoms with Gasteiger partial charge in [0.1, 0.15) is 0 Å². The second-order valence-corrected chi connectivity index (χ2v) is 7.17. The van der Waals surface area contributed by atoms with Crippen molar-refractivity contribution in [3.05, 3.63) is 22.4 Å². The maximum Gasteiger partial charge on any atom is 0.0618 e. The van der Waals surface area contributed by atoms with Crippen LogP contribution in [0.15, 0.2) is 16.8 Å². The van der Waals surface area contributed by atoms with E-state index in [4.69, 9.17) is 4.74 Å². The lowest BCUT2D eigenvalue weighted by Crippen LogP contribution is -2.52. The van der Waals surface area contributed by atoms with Crippen molar-refractivity contribution in [1.29, 1.82) is 0 Å². The van der Waals surface area contributed by atoms with Gasteiger partial charge in [-0.1, -0.05) is 0 Å². The number of hydrogen-bond acceptors (Lipinski definition) is 4. The first-order valence-electron chi connectivity index (χ1n) is 7.69. The standard InChI is InChI=1S/C16H26N2OS/c1-17-15(12-19-2)3-5-16(17)6-8-18(9-7-16)11-14-4-10-20-13-14/h4,10,13,15H,3,5-9,11-12H2,1-2H3/t15-/m0/s1. The molecule has 3 heterocycles. The van der Waals surface area contributed by atoms with Crippen LogP contribution in [0, 0.1) is 0 Å². The van der Waals surface area contributed by atoms with E-state index >= 15 is 0 Å². The van der Waals surface area contributed by atoms with Gasteiger partial charge in [0.25, 0.3) is 0 Å². The molecule has 3 nitrogen and oxygen atoms in total. The van der Waals surface area contributed by atoms with Gasteiger partial charge >= 0.3 is 0 Å². The van der Waals surface area contributed by atoms with Crippen molar-refractivity contribution in [3.8, 4) is 0 Å². The molecule has 20 heavy (non-hydrogen) atoms. The topological polar surface area (TPSA) is 15.7 Å². The summed E-state index contributed by atoms with van der Waals surface area (Å²) in [5, 5.41) is 4.46. The summed E-state index contributed by atoms with van der Waals surface area (Å²) in [5.74, 6) is 0.